The molecule has 0 aliphatic rings. The van der Waals surface area contributed by atoms with Crippen molar-refractivity contribution in [1.82, 2.24) is 10.2 Å². The topological polar surface area (TPSA) is 46.0 Å². The fourth-order valence-electron chi connectivity index (χ4n) is 2.29. The summed E-state index contributed by atoms with van der Waals surface area (Å²) in [7, 11) is 0. The Balaban J connectivity index is 1.58. The molecule has 0 radical (unpaired) electrons. The molecule has 22 heavy (non-hydrogen) atoms. The standard InChI is InChI=1S/C18H18N2OSe/c21-13-16-8-6-15(7-9-16)12-18-20-19-17(22-18)11-10-14-4-2-1-3-5-14/h1-9,21H,10-13H2. The molecule has 3 nitrogen and oxygen atoms in total. The van der Waals surface area contributed by atoms with Gasteiger partial charge in [-0.25, -0.2) is 0 Å². The van der Waals surface area contributed by atoms with E-state index in [9.17, 15) is 0 Å². The van der Waals surface area contributed by atoms with Crippen LogP contribution in [0.15, 0.2) is 54.6 Å². The first-order chi connectivity index (χ1) is 10.8. The maximum absolute atomic E-state index is 9.06. The van der Waals surface area contributed by atoms with Gasteiger partial charge >= 0.3 is 136 Å². The molecule has 0 atom stereocenters. The second kappa shape index (κ2) is 7.50. The van der Waals surface area contributed by atoms with E-state index >= 15 is 0 Å². The van der Waals surface area contributed by atoms with E-state index in [0.29, 0.717) is 0 Å². The van der Waals surface area contributed by atoms with Gasteiger partial charge in [0.25, 0.3) is 0 Å². The molecule has 1 aromatic heterocycles. The number of aliphatic hydroxyl groups is 1. The van der Waals surface area contributed by atoms with Gasteiger partial charge < -0.3 is 0 Å². The third-order valence-electron chi connectivity index (χ3n) is 3.54. The second-order valence-electron chi connectivity index (χ2n) is 5.23. The van der Waals surface area contributed by atoms with Gasteiger partial charge in [-0.2, -0.15) is 0 Å². The van der Waals surface area contributed by atoms with Crippen LogP contribution in [0.2, 0.25) is 0 Å². The van der Waals surface area contributed by atoms with Gasteiger partial charge in [-0.15, -0.1) is 0 Å². The molecule has 0 saturated carbocycles. The molecule has 0 saturated heterocycles. The summed E-state index contributed by atoms with van der Waals surface area (Å²) in [5.74, 6) is 0. The van der Waals surface area contributed by atoms with Gasteiger partial charge in [-0.05, 0) is 0 Å². The van der Waals surface area contributed by atoms with E-state index in [2.05, 4.69) is 46.6 Å². The average Bonchev–Trinajstić information content (AvgIpc) is 3.02. The molecule has 4 heteroatoms. The molecular weight excluding hydrogens is 339 g/mol. The van der Waals surface area contributed by atoms with Gasteiger partial charge in [0.1, 0.15) is 0 Å². The number of hydrogen-bond acceptors (Lipinski definition) is 3. The van der Waals surface area contributed by atoms with Gasteiger partial charge in [0, 0.05) is 0 Å². The fraction of sp³-hybridized carbons (Fsp3) is 0.222. The quantitative estimate of drug-likeness (QED) is 0.689. The molecule has 1 heterocycles. The van der Waals surface area contributed by atoms with Gasteiger partial charge in [-0.1, -0.05) is 0 Å². The van der Waals surface area contributed by atoms with E-state index in [1.165, 1.54) is 20.3 Å². The molecule has 0 unspecified atom stereocenters. The van der Waals surface area contributed by atoms with E-state index < -0.39 is 0 Å². The van der Waals surface area contributed by atoms with Gasteiger partial charge in [0.15, 0.2) is 0 Å². The third kappa shape index (κ3) is 4.14. The predicted octanol–water partition coefficient (Wildman–Crippen LogP) is 2.40. The molecule has 3 rings (SSSR count). The van der Waals surface area contributed by atoms with Crippen LogP contribution >= 0.6 is 0 Å². The average molecular weight is 357 g/mol. The molecule has 3 aromatic rings. The Morgan fingerprint density at radius 2 is 1.41 bits per heavy atom. The number of benzene rings is 2. The summed E-state index contributed by atoms with van der Waals surface area (Å²) in [6.07, 6.45) is 2.90. The van der Waals surface area contributed by atoms with Crippen LogP contribution in [0.3, 0.4) is 0 Å². The summed E-state index contributed by atoms with van der Waals surface area (Å²) >= 11 is 0.282. The van der Waals surface area contributed by atoms with Crippen molar-refractivity contribution in [1.29, 1.82) is 0 Å². The minimum absolute atomic E-state index is 0.0951. The maximum atomic E-state index is 9.06. The minimum atomic E-state index is 0.0951. The van der Waals surface area contributed by atoms with E-state index in [-0.39, 0.29) is 21.1 Å². The third-order valence-corrected chi connectivity index (χ3v) is 5.60. The van der Waals surface area contributed by atoms with Crippen LogP contribution < -0.4 is 0 Å². The number of rotatable bonds is 6. The predicted molar refractivity (Wildman–Crippen MR) is 88.0 cm³/mol. The van der Waals surface area contributed by atoms with E-state index in [1.54, 1.807) is 0 Å². The van der Waals surface area contributed by atoms with Crippen molar-refractivity contribution in [2.75, 3.05) is 0 Å². The number of aryl methyl sites for hydroxylation is 2. The van der Waals surface area contributed by atoms with Crippen molar-refractivity contribution >= 4 is 14.5 Å². The zero-order valence-corrected chi connectivity index (χ0v) is 14.0. The Kier molecular flexibility index (Phi) is 5.17. The SMILES string of the molecule is OCc1ccc(Cc2nnc(CCc3ccccc3)[se]2)cc1. The van der Waals surface area contributed by atoms with Crippen LogP contribution in [0.25, 0.3) is 0 Å². The van der Waals surface area contributed by atoms with Crippen molar-refractivity contribution in [2.45, 2.75) is 25.9 Å². The molecule has 0 bridgehead atoms. The van der Waals surface area contributed by atoms with Crippen molar-refractivity contribution in [3.63, 3.8) is 0 Å². The summed E-state index contributed by atoms with van der Waals surface area (Å²) in [6.45, 7) is 0.0951. The van der Waals surface area contributed by atoms with Crippen LogP contribution in [-0.4, -0.2) is 29.8 Å². The molecule has 0 aliphatic carbocycles. The van der Waals surface area contributed by atoms with Crippen LogP contribution in [-0.2, 0) is 25.9 Å². The Hall–Kier alpha value is -1.74. The Bertz CT molecular complexity index is 707. The number of aromatic nitrogens is 2. The molecule has 0 amide bonds. The van der Waals surface area contributed by atoms with E-state index in [1.807, 2.05) is 18.2 Å². The number of aliphatic hydroxyl groups excluding tert-OH is 1. The Morgan fingerprint density at radius 1 is 0.727 bits per heavy atom. The van der Waals surface area contributed by atoms with Gasteiger partial charge in [0.2, 0.25) is 0 Å². The summed E-state index contributed by atoms with van der Waals surface area (Å²) in [4.78, 5) is 0. The molecule has 2 aromatic carbocycles. The molecule has 0 aliphatic heterocycles. The second-order valence-corrected chi connectivity index (χ2v) is 7.63. The molecule has 0 spiro atoms. The van der Waals surface area contributed by atoms with Crippen molar-refractivity contribution in [3.05, 3.63) is 80.4 Å². The summed E-state index contributed by atoms with van der Waals surface area (Å²) in [5.41, 5.74) is 3.54. The van der Waals surface area contributed by atoms with Gasteiger partial charge in [-0.3, -0.25) is 0 Å². The van der Waals surface area contributed by atoms with E-state index in [4.69, 9.17) is 5.11 Å². The molecule has 1 N–H and O–H groups in total. The monoisotopic (exact) mass is 358 g/mol. The zero-order valence-electron chi connectivity index (χ0n) is 12.3. The Morgan fingerprint density at radius 3 is 2.14 bits per heavy atom. The van der Waals surface area contributed by atoms with Crippen LogP contribution in [0, 0.1) is 0 Å². The number of hydrogen-bond donors (Lipinski definition) is 1. The van der Waals surface area contributed by atoms with E-state index in [0.717, 1.165) is 24.8 Å². The summed E-state index contributed by atoms with van der Waals surface area (Å²) in [5, 5.41) is 17.8. The molecule has 0 fully saturated rings. The summed E-state index contributed by atoms with van der Waals surface area (Å²) < 4.78 is 2.42. The van der Waals surface area contributed by atoms with Crippen LogP contribution in [0.4, 0.5) is 0 Å². The molecule has 112 valence electrons. The van der Waals surface area contributed by atoms with Crippen molar-refractivity contribution in [2.24, 2.45) is 0 Å². The first-order valence-electron chi connectivity index (χ1n) is 7.37. The first-order valence-corrected chi connectivity index (χ1v) is 9.08. The zero-order chi connectivity index (χ0) is 15.2. The molecular formula is C18H18N2OSe. The fourth-order valence-corrected chi connectivity index (χ4v) is 4.14. The van der Waals surface area contributed by atoms with Crippen LogP contribution in [0.5, 0.6) is 0 Å². The Labute approximate surface area is 136 Å². The summed E-state index contributed by atoms with van der Waals surface area (Å²) in [6, 6.07) is 18.6. The normalized spacial score (nSPS) is 10.8. The van der Waals surface area contributed by atoms with Crippen LogP contribution in [0.1, 0.15) is 25.8 Å². The number of nitrogens with zero attached hydrogens (tertiary/aromatic N) is 2. The first kappa shape index (κ1) is 15.2. The van der Waals surface area contributed by atoms with Crippen molar-refractivity contribution in [3.8, 4) is 0 Å². The van der Waals surface area contributed by atoms with Gasteiger partial charge in [0.05, 0.1) is 0 Å². The van der Waals surface area contributed by atoms with Crippen molar-refractivity contribution < 1.29 is 5.11 Å².